The van der Waals surface area contributed by atoms with E-state index in [0.717, 1.165) is 11.4 Å². The van der Waals surface area contributed by atoms with Crippen molar-refractivity contribution in [3.63, 3.8) is 0 Å². The summed E-state index contributed by atoms with van der Waals surface area (Å²) in [6, 6.07) is 15.2. The van der Waals surface area contributed by atoms with Crippen LogP contribution in [-0.2, 0) is 9.84 Å². The first-order valence-corrected chi connectivity index (χ1v) is 15.1. The van der Waals surface area contributed by atoms with Gasteiger partial charge in [-0.15, -0.1) is 0 Å². The predicted octanol–water partition coefficient (Wildman–Crippen LogP) is 3.88. The fourth-order valence-electron chi connectivity index (χ4n) is 5.60. The summed E-state index contributed by atoms with van der Waals surface area (Å²) in [5.41, 5.74) is 3.80. The molecule has 208 valence electrons. The van der Waals surface area contributed by atoms with E-state index >= 15 is 0 Å². The second-order valence-electron chi connectivity index (χ2n) is 10.3. The highest BCUT2D eigenvalue weighted by atomic mass is 32.2. The van der Waals surface area contributed by atoms with Gasteiger partial charge in [-0.25, -0.2) is 22.5 Å². The monoisotopic (exact) mass is 563 g/mol. The SMILES string of the molecule is COc1ccc(N2CCN(C(=O)c3cc(-c4ccc(F)cc4)nc4c3c(C)nn4C3CCS(=O)(=O)C3)CC2)cc1. The number of benzene rings is 2. The number of anilines is 1. The van der Waals surface area contributed by atoms with Gasteiger partial charge in [-0.1, -0.05) is 0 Å². The zero-order chi connectivity index (χ0) is 28.0. The van der Waals surface area contributed by atoms with Crippen LogP contribution in [0.25, 0.3) is 22.3 Å². The summed E-state index contributed by atoms with van der Waals surface area (Å²) in [6.07, 6.45) is 0.442. The van der Waals surface area contributed by atoms with Crippen LogP contribution in [0.1, 0.15) is 28.5 Å². The second-order valence-corrected chi connectivity index (χ2v) is 12.6. The van der Waals surface area contributed by atoms with Crippen molar-refractivity contribution in [2.45, 2.75) is 19.4 Å². The molecule has 0 aliphatic carbocycles. The summed E-state index contributed by atoms with van der Waals surface area (Å²) >= 11 is 0. The molecule has 4 heterocycles. The van der Waals surface area contributed by atoms with Crippen LogP contribution < -0.4 is 9.64 Å². The van der Waals surface area contributed by atoms with E-state index in [1.54, 1.807) is 30.0 Å². The molecule has 1 unspecified atom stereocenters. The summed E-state index contributed by atoms with van der Waals surface area (Å²) in [4.78, 5) is 22.9. The Hall–Kier alpha value is -3.99. The molecule has 0 saturated carbocycles. The Morgan fingerprint density at radius 3 is 2.35 bits per heavy atom. The minimum Gasteiger partial charge on any atom is -0.497 e. The molecule has 2 aliphatic heterocycles. The molecule has 1 amide bonds. The van der Waals surface area contributed by atoms with Crippen molar-refractivity contribution >= 4 is 32.5 Å². The van der Waals surface area contributed by atoms with E-state index in [-0.39, 0.29) is 29.3 Å². The highest BCUT2D eigenvalue weighted by Crippen LogP contribution is 2.33. The number of methoxy groups -OCH3 is 1. The molecule has 2 aliphatic rings. The Morgan fingerprint density at radius 1 is 1.02 bits per heavy atom. The lowest BCUT2D eigenvalue weighted by Gasteiger charge is -2.36. The molecular weight excluding hydrogens is 533 g/mol. The molecule has 2 aromatic heterocycles. The lowest BCUT2D eigenvalue weighted by atomic mass is 10.0. The molecule has 0 bridgehead atoms. The molecule has 40 heavy (non-hydrogen) atoms. The maximum absolute atomic E-state index is 14.0. The van der Waals surface area contributed by atoms with E-state index in [2.05, 4.69) is 10.00 Å². The van der Waals surface area contributed by atoms with Crippen LogP contribution in [0.4, 0.5) is 10.1 Å². The predicted molar refractivity (Wildman–Crippen MR) is 151 cm³/mol. The van der Waals surface area contributed by atoms with Crippen LogP contribution in [0.5, 0.6) is 5.75 Å². The van der Waals surface area contributed by atoms with Crippen molar-refractivity contribution in [3.8, 4) is 17.0 Å². The highest BCUT2D eigenvalue weighted by molar-refractivity contribution is 7.91. The van der Waals surface area contributed by atoms with Crippen molar-refractivity contribution in [2.24, 2.45) is 0 Å². The zero-order valence-corrected chi connectivity index (χ0v) is 23.2. The third kappa shape index (κ3) is 4.90. The van der Waals surface area contributed by atoms with Gasteiger partial charge in [0.2, 0.25) is 0 Å². The number of halogens is 1. The quantitative estimate of drug-likeness (QED) is 0.364. The van der Waals surface area contributed by atoms with E-state index in [1.165, 1.54) is 12.1 Å². The fraction of sp³-hybridized carbons (Fsp3) is 0.345. The second kappa shape index (κ2) is 10.2. The van der Waals surface area contributed by atoms with Gasteiger partial charge in [0.25, 0.3) is 5.91 Å². The van der Waals surface area contributed by atoms with Crippen molar-refractivity contribution in [1.29, 1.82) is 0 Å². The molecule has 11 heteroatoms. The molecule has 4 aromatic rings. The Labute approximate surface area is 232 Å². The van der Waals surface area contributed by atoms with Crippen molar-refractivity contribution in [1.82, 2.24) is 19.7 Å². The normalized spacial score (nSPS) is 18.8. The van der Waals surface area contributed by atoms with Gasteiger partial charge in [0, 0.05) is 37.4 Å². The van der Waals surface area contributed by atoms with E-state index in [4.69, 9.17) is 9.72 Å². The molecule has 6 rings (SSSR count). The summed E-state index contributed by atoms with van der Waals surface area (Å²) in [5.74, 6) is 0.379. The lowest BCUT2D eigenvalue weighted by Crippen LogP contribution is -2.48. The molecule has 2 aromatic carbocycles. The molecule has 9 nitrogen and oxygen atoms in total. The maximum atomic E-state index is 14.0. The molecule has 2 saturated heterocycles. The van der Waals surface area contributed by atoms with Crippen LogP contribution in [0.3, 0.4) is 0 Å². The average molecular weight is 564 g/mol. The number of carbonyl (C=O) groups excluding carboxylic acids is 1. The number of hydrogen-bond acceptors (Lipinski definition) is 7. The topological polar surface area (TPSA) is 97.6 Å². The lowest BCUT2D eigenvalue weighted by molar-refractivity contribution is 0.0748. The number of rotatable bonds is 5. The number of sulfone groups is 1. The number of aromatic nitrogens is 3. The number of amides is 1. The number of hydrogen-bond donors (Lipinski definition) is 0. The summed E-state index contributed by atoms with van der Waals surface area (Å²) < 4.78 is 45.1. The molecule has 0 radical (unpaired) electrons. The number of fused-ring (bicyclic) bond motifs is 1. The number of nitrogens with zero attached hydrogens (tertiary/aromatic N) is 5. The molecule has 0 N–H and O–H groups in total. The molecular formula is C29H30FN5O4S. The fourth-order valence-corrected chi connectivity index (χ4v) is 7.30. The van der Waals surface area contributed by atoms with E-state index in [9.17, 15) is 17.6 Å². The minimum atomic E-state index is -3.16. The molecule has 1 atom stereocenters. The van der Waals surface area contributed by atoms with E-state index in [0.29, 0.717) is 66.1 Å². The maximum Gasteiger partial charge on any atom is 0.254 e. The Bertz CT molecular complexity index is 1680. The summed E-state index contributed by atoms with van der Waals surface area (Å²) in [5, 5.41) is 5.30. The summed E-state index contributed by atoms with van der Waals surface area (Å²) in [6.45, 7) is 4.24. The van der Waals surface area contributed by atoms with Crippen LogP contribution in [0.15, 0.2) is 54.6 Å². The van der Waals surface area contributed by atoms with Crippen LogP contribution >= 0.6 is 0 Å². The van der Waals surface area contributed by atoms with Crippen molar-refractivity contribution in [3.05, 3.63) is 71.7 Å². The van der Waals surface area contributed by atoms with Crippen LogP contribution in [0, 0.1) is 12.7 Å². The van der Waals surface area contributed by atoms with Gasteiger partial charge in [-0.2, -0.15) is 5.10 Å². The smallest absolute Gasteiger partial charge is 0.254 e. The van der Waals surface area contributed by atoms with Gasteiger partial charge in [0.1, 0.15) is 11.6 Å². The first-order valence-electron chi connectivity index (χ1n) is 13.3. The molecule has 0 spiro atoms. The average Bonchev–Trinajstić information content (AvgIpc) is 3.51. The van der Waals surface area contributed by atoms with Gasteiger partial charge < -0.3 is 14.5 Å². The highest BCUT2D eigenvalue weighted by Gasteiger charge is 2.33. The zero-order valence-electron chi connectivity index (χ0n) is 22.4. The van der Waals surface area contributed by atoms with Crippen molar-refractivity contribution in [2.75, 3.05) is 49.7 Å². The van der Waals surface area contributed by atoms with Gasteiger partial charge >= 0.3 is 0 Å². The first-order chi connectivity index (χ1) is 19.2. The Balaban J connectivity index is 1.36. The van der Waals surface area contributed by atoms with Crippen molar-refractivity contribution < 1.29 is 22.3 Å². The Kier molecular flexibility index (Phi) is 6.69. The minimum absolute atomic E-state index is 0.0116. The van der Waals surface area contributed by atoms with Crippen LogP contribution in [-0.4, -0.2) is 78.8 Å². The first kappa shape index (κ1) is 26.2. The largest absolute Gasteiger partial charge is 0.497 e. The summed E-state index contributed by atoms with van der Waals surface area (Å²) in [7, 11) is -1.53. The number of ether oxygens (including phenoxy) is 1. The molecule has 2 fully saturated rings. The van der Waals surface area contributed by atoms with Gasteiger partial charge in [-0.05, 0) is 67.9 Å². The van der Waals surface area contributed by atoms with Crippen LogP contribution in [0.2, 0.25) is 0 Å². The number of aryl methyl sites for hydroxylation is 1. The number of piperazine rings is 1. The van der Waals surface area contributed by atoms with Gasteiger partial charge in [-0.3, -0.25) is 4.79 Å². The number of pyridine rings is 1. The van der Waals surface area contributed by atoms with E-state index in [1.807, 2.05) is 36.1 Å². The third-order valence-corrected chi connectivity index (χ3v) is 9.52. The standard InChI is InChI=1S/C29H30FN5O4S/c1-19-27-25(29(36)34-14-12-33(13-15-34)22-7-9-24(39-2)10-8-22)17-26(20-3-5-21(30)6-4-20)31-28(27)35(32-19)23-11-16-40(37,38)18-23/h3-10,17,23H,11-16,18H2,1-2H3. The van der Waals surface area contributed by atoms with Gasteiger partial charge in [0.05, 0.1) is 47.0 Å². The number of carbonyl (C=O) groups is 1. The third-order valence-electron chi connectivity index (χ3n) is 7.77. The Morgan fingerprint density at radius 2 is 1.73 bits per heavy atom. The van der Waals surface area contributed by atoms with Gasteiger partial charge in [0.15, 0.2) is 15.5 Å². The van der Waals surface area contributed by atoms with E-state index < -0.39 is 9.84 Å².